The van der Waals surface area contributed by atoms with Crippen LogP contribution in [0.3, 0.4) is 0 Å². The van der Waals surface area contributed by atoms with Crippen LogP contribution < -0.4 is 10.1 Å². The predicted molar refractivity (Wildman–Crippen MR) is 142 cm³/mol. The molecule has 1 aromatic carbocycles. The van der Waals surface area contributed by atoms with Gasteiger partial charge < -0.3 is 24.4 Å². The van der Waals surface area contributed by atoms with Crippen LogP contribution in [0.5, 0.6) is 5.75 Å². The number of halogens is 1. The third kappa shape index (κ3) is 7.22. The van der Waals surface area contributed by atoms with Gasteiger partial charge in [0.2, 0.25) is 0 Å². The predicted octanol–water partition coefficient (Wildman–Crippen LogP) is 4.38. The Balaban J connectivity index is 0.00000363. The summed E-state index contributed by atoms with van der Waals surface area (Å²) >= 11 is 0. The molecule has 2 aliphatic rings. The van der Waals surface area contributed by atoms with Gasteiger partial charge in [0.15, 0.2) is 5.96 Å². The molecule has 182 valence electrons. The molecule has 32 heavy (non-hydrogen) atoms. The van der Waals surface area contributed by atoms with E-state index in [2.05, 4.69) is 49.3 Å². The molecule has 0 saturated carbocycles. The first kappa shape index (κ1) is 27.2. The van der Waals surface area contributed by atoms with Gasteiger partial charge in [0, 0.05) is 57.5 Å². The van der Waals surface area contributed by atoms with Crippen LogP contribution in [0.4, 0.5) is 0 Å². The number of guanidine groups is 1. The largest absolute Gasteiger partial charge is 0.496 e. The van der Waals surface area contributed by atoms with E-state index in [1.165, 1.54) is 30.4 Å². The standard InChI is InChI=1S/C25H41N3O3.HI/c1-5-26-24(28(3)13-8-21-9-14-30-15-10-21)27-19-25(11-16-31-17-12-25)22-18-20(2)6-7-23(22)29-4;/h6-7,18,21H,5,8-17,19H2,1-4H3,(H,26,27);1H. The molecule has 1 N–H and O–H groups in total. The zero-order valence-corrected chi connectivity index (χ0v) is 22.7. The fourth-order valence-electron chi connectivity index (χ4n) is 4.72. The smallest absolute Gasteiger partial charge is 0.193 e. The van der Waals surface area contributed by atoms with Gasteiger partial charge >= 0.3 is 0 Å². The molecule has 2 aliphatic heterocycles. The average Bonchev–Trinajstić information content (AvgIpc) is 2.81. The highest BCUT2D eigenvalue weighted by Gasteiger charge is 2.37. The van der Waals surface area contributed by atoms with Crippen molar-refractivity contribution in [3.63, 3.8) is 0 Å². The van der Waals surface area contributed by atoms with Gasteiger partial charge in [0.1, 0.15) is 5.75 Å². The van der Waals surface area contributed by atoms with E-state index in [0.29, 0.717) is 0 Å². The van der Waals surface area contributed by atoms with E-state index in [1.807, 2.05) is 0 Å². The van der Waals surface area contributed by atoms with Crippen LogP contribution in [-0.4, -0.2) is 71.1 Å². The zero-order valence-electron chi connectivity index (χ0n) is 20.3. The second-order valence-electron chi connectivity index (χ2n) is 9.03. The molecule has 0 amide bonds. The number of methoxy groups -OCH3 is 1. The summed E-state index contributed by atoms with van der Waals surface area (Å²) in [6.45, 7) is 10.2. The zero-order chi connectivity index (χ0) is 22.1. The van der Waals surface area contributed by atoms with Crippen molar-refractivity contribution in [3.8, 4) is 5.75 Å². The minimum atomic E-state index is -0.0577. The molecule has 2 fully saturated rings. The van der Waals surface area contributed by atoms with Crippen LogP contribution in [0.15, 0.2) is 23.2 Å². The Bertz CT molecular complexity index is 716. The van der Waals surface area contributed by atoms with Crippen molar-refractivity contribution in [2.75, 3.05) is 60.2 Å². The Morgan fingerprint density at radius 3 is 2.53 bits per heavy atom. The van der Waals surface area contributed by atoms with Crippen molar-refractivity contribution in [1.29, 1.82) is 0 Å². The molecular weight excluding hydrogens is 517 g/mol. The van der Waals surface area contributed by atoms with Gasteiger partial charge in [0.25, 0.3) is 0 Å². The molecular formula is C25H42IN3O3. The number of nitrogens with one attached hydrogen (secondary N) is 1. The van der Waals surface area contributed by atoms with Gasteiger partial charge in [-0.2, -0.15) is 0 Å². The van der Waals surface area contributed by atoms with Crippen LogP contribution in [0.1, 0.15) is 50.2 Å². The summed E-state index contributed by atoms with van der Waals surface area (Å²) in [5, 5.41) is 3.51. The number of rotatable bonds is 8. The lowest BCUT2D eigenvalue weighted by Gasteiger charge is -2.38. The maximum Gasteiger partial charge on any atom is 0.193 e. The van der Waals surface area contributed by atoms with Crippen molar-refractivity contribution in [2.24, 2.45) is 10.9 Å². The quantitative estimate of drug-likeness (QED) is 0.291. The van der Waals surface area contributed by atoms with Crippen LogP contribution in [0.25, 0.3) is 0 Å². The van der Waals surface area contributed by atoms with Crippen molar-refractivity contribution in [3.05, 3.63) is 29.3 Å². The first-order chi connectivity index (χ1) is 15.1. The summed E-state index contributed by atoms with van der Waals surface area (Å²) in [7, 11) is 3.92. The number of nitrogens with zero attached hydrogens (tertiary/aromatic N) is 2. The molecule has 0 bridgehead atoms. The molecule has 0 aromatic heterocycles. The molecule has 1 aromatic rings. The Labute approximate surface area is 211 Å². The van der Waals surface area contributed by atoms with Crippen molar-refractivity contribution in [2.45, 2.75) is 51.4 Å². The van der Waals surface area contributed by atoms with Crippen LogP contribution >= 0.6 is 24.0 Å². The summed E-state index contributed by atoms with van der Waals surface area (Å²) in [6.07, 6.45) is 5.47. The first-order valence-corrected chi connectivity index (χ1v) is 11.9. The average molecular weight is 560 g/mol. The number of hydrogen-bond donors (Lipinski definition) is 1. The van der Waals surface area contributed by atoms with Gasteiger partial charge in [-0.05, 0) is 57.9 Å². The van der Waals surface area contributed by atoms with Crippen LogP contribution in [0, 0.1) is 12.8 Å². The van der Waals surface area contributed by atoms with E-state index >= 15 is 0 Å². The molecule has 0 atom stereocenters. The Morgan fingerprint density at radius 1 is 1.19 bits per heavy atom. The van der Waals surface area contributed by atoms with Gasteiger partial charge in [-0.3, -0.25) is 4.99 Å². The SMILES string of the molecule is CCNC(=NCC1(c2cc(C)ccc2OC)CCOCC1)N(C)CCC1CCOCC1.I. The fraction of sp³-hybridized carbons (Fsp3) is 0.720. The molecule has 0 aliphatic carbocycles. The number of benzene rings is 1. The molecule has 7 heteroatoms. The third-order valence-corrected chi connectivity index (χ3v) is 6.82. The third-order valence-electron chi connectivity index (χ3n) is 6.82. The number of aliphatic imine (C=N–C) groups is 1. The molecule has 2 heterocycles. The van der Waals surface area contributed by atoms with Crippen molar-refractivity contribution < 1.29 is 14.2 Å². The fourth-order valence-corrected chi connectivity index (χ4v) is 4.72. The highest BCUT2D eigenvalue weighted by Crippen LogP contribution is 2.40. The molecule has 0 unspecified atom stereocenters. The maximum absolute atomic E-state index is 5.76. The van der Waals surface area contributed by atoms with E-state index in [9.17, 15) is 0 Å². The summed E-state index contributed by atoms with van der Waals surface area (Å²) in [6, 6.07) is 6.49. The van der Waals surface area contributed by atoms with Gasteiger partial charge in [-0.15, -0.1) is 24.0 Å². The molecule has 2 saturated heterocycles. The second-order valence-corrected chi connectivity index (χ2v) is 9.03. The summed E-state index contributed by atoms with van der Waals surface area (Å²) in [5.74, 6) is 2.71. The normalized spacial score (nSPS) is 19.2. The summed E-state index contributed by atoms with van der Waals surface area (Å²) in [5.41, 5.74) is 2.46. The van der Waals surface area contributed by atoms with Gasteiger partial charge in [0.05, 0.1) is 13.7 Å². The van der Waals surface area contributed by atoms with E-state index in [1.54, 1.807) is 7.11 Å². The Hall–Kier alpha value is -1.06. The van der Waals surface area contributed by atoms with E-state index in [0.717, 1.165) is 76.5 Å². The minimum Gasteiger partial charge on any atom is -0.496 e. The van der Waals surface area contributed by atoms with E-state index in [4.69, 9.17) is 19.2 Å². The molecule has 6 nitrogen and oxygen atoms in total. The number of aryl methyl sites for hydroxylation is 1. The summed E-state index contributed by atoms with van der Waals surface area (Å²) < 4.78 is 17.0. The lowest BCUT2D eigenvalue weighted by molar-refractivity contribution is 0.0521. The molecule has 3 rings (SSSR count). The van der Waals surface area contributed by atoms with Crippen LogP contribution in [-0.2, 0) is 14.9 Å². The van der Waals surface area contributed by atoms with Gasteiger partial charge in [-0.1, -0.05) is 17.7 Å². The van der Waals surface area contributed by atoms with Crippen molar-refractivity contribution in [1.82, 2.24) is 10.2 Å². The maximum atomic E-state index is 5.76. The highest BCUT2D eigenvalue weighted by molar-refractivity contribution is 14.0. The number of ether oxygens (including phenoxy) is 3. The van der Waals surface area contributed by atoms with E-state index < -0.39 is 0 Å². The topological polar surface area (TPSA) is 55.3 Å². The second kappa shape index (κ2) is 13.6. The lowest BCUT2D eigenvalue weighted by atomic mass is 9.73. The van der Waals surface area contributed by atoms with Crippen molar-refractivity contribution >= 4 is 29.9 Å². The molecule has 0 spiro atoms. The highest BCUT2D eigenvalue weighted by atomic mass is 127. The van der Waals surface area contributed by atoms with Crippen LogP contribution in [0.2, 0.25) is 0 Å². The monoisotopic (exact) mass is 559 g/mol. The van der Waals surface area contributed by atoms with Gasteiger partial charge in [-0.25, -0.2) is 0 Å². The van der Waals surface area contributed by atoms with E-state index in [-0.39, 0.29) is 29.4 Å². The number of hydrogen-bond acceptors (Lipinski definition) is 4. The Kier molecular flexibility index (Phi) is 11.6. The molecule has 0 radical (unpaired) electrons. The Morgan fingerprint density at radius 2 is 1.88 bits per heavy atom. The lowest BCUT2D eigenvalue weighted by Crippen LogP contribution is -2.42. The minimum absolute atomic E-state index is 0. The summed E-state index contributed by atoms with van der Waals surface area (Å²) in [4.78, 5) is 7.44. The first-order valence-electron chi connectivity index (χ1n) is 11.9.